The number of hydrogen-bond donors (Lipinski definition) is 1. The molecule has 1 rings (SSSR count). The van der Waals surface area contributed by atoms with E-state index in [0.29, 0.717) is 5.56 Å². The van der Waals surface area contributed by atoms with Gasteiger partial charge in [-0.2, -0.15) is 5.26 Å². The molecule has 0 bridgehead atoms. The lowest BCUT2D eigenvalue weighted by Crippen LogP contribution is -2.00. The zero-order valence-corrected chi connectivity index (χ0v) is 8.75. The van der Waals surface area contributed by atoms with Gasteiger partial charge < -0.3 is 5.11 Å². The quantitative estimate of drug-likeness (QED) is 0.617. The number of carboxylic acid groups (broad SMARTS) is 1. The van der Waals surface area contributed by atoms with E-state index in [-0.39, 0.29) is 5.03 Å². The Morgan fingerprint density at radius 3 is 2.53 bits per heavy atom. The van der Waals surface area contributed by atoms with E-state index < -0.39 is 11.5 Å². The van der Waals surface area contributed by atoms with Crippen molar-refractivity contribution in [2.24, 2.45) is 0 Å². The molecular weight excluding hydrogens is 214 g/mol. The average molecular weight is 222 g/mol. The molecule has 76 valence electrons. The van der Waals surface area contributed by atoms with Crippen molar-refractivity contribution in [1.29, 1.82) is 5.26 Å². The fourth-order valence-corrected chi connectivity index (χ4v) is 1.48. The molecule has 0 saturated carbocycles. The molecule has 4 heteroatoms. The summed E-state index contributed by atoms with van der Waals surface area (Å²) < 4.78 is 0. The molecule has 0 aliphatic carbocycles. The van der Waals surface area contributed by atoms with E-state index in [2.05, 4.69) is 0 Å². The molecule has 0 unspecified atom stereocenters. The van der Waals surface area contributed by atoms with Gasteiger partial charge in [-0.05, 0) is 18.1 Å². The summed E-state index contributed by atoms with van der Waals surface area (Å²) in [7, 11) is 0. The third-order valence-electron chi connectivity index (χ3n) is 1.93. The van der Waals surface area contributed by atoms with Crippen molar-refractivity contribution in [2.45, 2.75) is 6.92 Å². The van der Waals surface area contributed by atoms with Gasteiger partial charge in [-0.1, -0.05) is 35.9 Å². The summed E-state index contributed by atoms with van der Waals surface area (Å²) >= 11 is 5.85. The topological polar surface area (TPSA) is 61.1 Å². The Balaban J connectivity index is 3.37. The van der Waals surface area contributed by atoms with Crippen molar-refractivity contribution in [1.82, 2.24) is 0 Å². The SMILES string of the molecule is Cc1ccccc1C(Cl)=C(C#N)C(=O)O. The molecular formula is C11H8ClNO2. The van der Waals surface area contributed by atoms with Crippen LogP contribution in [0.25, 0.3) is 5.03 Å². The van der Waals surface area contributed by atoms with Gasteiger partial charge in [0, 0.05) is 0 Å². The van der Waals surface area contributed by atoms with E-state index in [9.17, 15) is 4.79 Å². The normalized spacial score (nSPS) is 11.5. The molecule has 0 fully saturated rings. The summed E-state index contributed by atoms with van der Waals surface area (Å²) in [6.07, 6.45) is 0. The Labute approximate surface area is 92.2 Å². The number of carbonyl (C=O) groups is 1. The Hall–Kier alpha value is -1.79. The number of nitrogens with zero attached hydrogens (tertiary/aromatic N) is 1. The van der Waals surface area contributed by atoms with Crippen molar-refractivity contribution < 1.29 is 9.90 Å². The fraction of sp³-hybridized carbons (Fsp3) is 0.0909. The van der Waals surface area contributed by atoms with Crippen LogP contribution in [0.2, 0.25) is 0 Å². The molecule has 0 radical (unpaired) electrons. The van der Waals surface area contributed by atoms with Crippen molar-refractivity contribution in [2.75, 3.05) is 0 Å². The van der Waals surface area contributed by atoms with Gasteiger partial charge in [0.15, 0.2) is 5.57 Å². The summed E-state index contributed by atoms with van der Waals surface area (Å²) in [6, 6.07) is 8.61. The van der Waals surface area contributed by atoms with E-state index >= 15 is 0 Å². The number of aryl methyl sites for hydroxylation is 1. The molecule has 1 aromatic rings. The lowest BCUT2D eigenvalue weighted by atomic mass is 10.1. The molecule has 0 amide bonds. The minimum atomic E-state index is -1.31. The van der Waals surface area contributed by atoms with E-state index in [0.717, 1.165) is 5.56 Å². The summed E-state index contributed by atoms with van der Waals surface area (Å²) in [6.45, 7) is 1.80. The monoisotopic (exact) mass is 221 g/mol. The van der Waals surface area contributed by atoms with Gasteiger partial charge in [0.05, 0.1) is 5.03 Å². The highest BCUT2D eigenvalue weighted by Gasteiger charge is 2.14. The van der Waals surface area contributed by atoms with E-state index in [1.165, 1.54) is 0 Å². The van der Waals surface area contributed by atoms with Crippen molar-refractivity contribution >= 4 is 22.6 Å². The van der Waals surface area contributed by atoms with E-state index in [1.54, 1.807) is 31.2 Å². The first-order valence-electron chi connectivity index (χ1n) is 4.17. The average Bonchev–Trinajstić information content (AvgIpc) is 2.18. The first kappa shape index (κ1) is 11.3. The standard InChI is InChI=1S/C11H8ClNO2/c1-7-4-2-3-5-8(7)10(12)9(6-13)11(14)15/h2-5H,1H3,(H,14,15). The molecule has 3 nitrogen and oxygen atoms in total. The third kappa shape index (κ3) is 2.36. The van der Waals surface area contributed by atoms with E-state index in [4.69, 9.17) is 22.0 Å². The van der Waals surface area contributed by atoms with Crippen LogP contribution in [0.4, 0.5) is 0 Å². The minimum Gasteiger partial charge on any atom is -0.477 e. The van der Waals surface area contributed by atoms with Crippen LogP contribution in [0.1, 0.15) is 11.1 Å². The molecule has 1 N–H and O–H groups in total. The van der Waals surface area contributed by atoms with Crippen LogP contribution in [-0.2, 0) is 4.79 Å². The Kier molecular flexibility index (Phi) is 3.48. The lowest BCUT2D eigenvalue weighted by molar-refractivity contribution is -0.132. The van der Waals surface area contributed by atoms with Crippen molar-refractivity contribution in [3.05, 3.63) is 41.0 Å². The molecule has 0 atom stereocenters. The maximum atomic E-state index is 10.7. The fourth-order valence-electron chi connectivity index (χ4n) is 1.14. The molecule has 0 saturated heterocycles. The molecule has 0 aliphatic rings. The van der Waals surface area contributed by atoms with Gasteiger partial charge in [0.25, 0.3) is 0 Å². The van der Waals surface area contributed by atoms with Crippen LogP contribution in [-0.4, -0.2) is 11.1 Å². The van der Waals surface area contributed by atoms with Crippen LogP contribution in [0.3, 0.4) is 0 Å². The molecule has 0 aliphatic heterocycles. The summed E-state index contributed by atoms with van der Waals surface area (Å²) in [5.41, 5.74) is 0.959. The van der Waals surface area contributed by atoms with Gasteiger partial charge in [0.2, 0.25) is 0 Å². The predicted molar refractivity (Wildman–Crippen MR) is 57.2 cm³/mol. The van der Waals surface area contributed by atoms with Gasteiger partial charge in [-0.15, -0.1) is 0 Å². The lowest BCUT2D eigenvalue weighted by Gasteiger charge is -2.04. The highest BCUT2D eigenvalue weighted by molar-refractivity contribution is 6.51. The predicted octanol–water partition coefficient (Wildman–Crippen LogP) is 2.55. The number of rotatable bonds is 2. The van der Waals surface area contributed by atoms with Crippen LogP contribution in [0.15, 0.2) is 29.8 Å². The van der Waals surface area contributed by atoms with Crippen molar-refractivity contribution in [3.8, 4) is 6.07 Å². The number of aliphatic carboxylic acids is 1. The first-order chi connectivity index (χ1) is 7.07. The Bertz CT molecular complexity index is 472. The van der Waals surface area contributed by atoms with E-state index in [1.807, 2.05) is 6.07 Å². The molecule has 15 heavy (non-hydrogen) atoms. The number of halogens is 1. The van der Waals surface area contributed by atoms with Crippen LogP contribution < -0.4 is 0 Å². The highest BCUT2D eigenvalue weighted by atomic mass is 35.5. The zero-order valence-electron chi connectivity index (χ0n) is 7.99. The smallest absolute Gasteiger partial charge is 0.348 e. The van der Waals surface area contributed by atoms with Gasteiger partial charge in [-0.3, -0.25) is 0 Å². The number of nitriles is 1. The summed E-state index contributed by atoms with van der Waals surface area (Å²) in [4.78, 5) is 10.7. The highest BCUT2D eigenvalue weighted by Crippen LogP contribution is 2.25. The van der Waals surface area contributed by atoms with Crippen molar-refractivity contribution in [3.63, 3.8) is 0 Å². The summed E-state index contributed by atoms with van der Waals surface area (Å²) in [5, 5.41) is 17.4. The second kappa shape index (κ2) is 4.63. The third-order valence-corrected chi connectivity index (χ3v) is 2.32. The maximum absolute atomic E-state index is 10.7. The second-order valence-electron chi connectivity index (χ2n) is 2.92. The van der Waals surface area contributed by atoms with Crippen LogP contribution in [0, 0.1) is 18.3 Å². The second-order valence-corrected chi connectivity index (χ2v) is 3.30. The summed E-state index contributed by atoms with van der Waals surface area (Å²) in [5.74, 6) is -1.31. The first-order valence-corrected chi connectivity index (χ1v) is 4.55. The van der Waals surface area contributed by atoms with Crippen LogP contribution >= 0.6 is 11.6 Å². The molecule has 0 spiro atoms. The largest absolute Gasteiger partial charge is 0.477 e. The number of carboxylic acids is 1. The number of benzene rings is 1. The Morgan fingerprint density at radius 1 is 1.47 bits per heavy atom. The molecule has 1 aromatic carbocycles. The minimum absolute atomic E-state index is 0.0249. The number of hydrogen-bond acceptors (Lipinski definition) is 2. The molecule has 0 aromatic heterocycles. The molecule has 0 heterocycles. The van der Waals surface area contributed by atoms with Gasteiger partial charge in [0.1, 0.15) is 6.07 Å². The zero-order chi connectivity index (χ0) is 11.4. The maximum Gasteiger partial charge on any atom is 0.348 e. The van der Waals surface area contributed by atoms with Gasteiger partial charge in [-0.25, -0.2) is 4.79 Å². The van der Waals surface area contributed by atoms with Crippen LogP contribution in [0.5, 0.6) is 0 Å². The van der Waals surface area contributed by atoms with Gasteiger partial charge >= 0.3 is 5.97 Å². The Morgan fingerprint density at radius 2 is 2.07 bits per heavy atom.